The van der Waals surface area contributed by atoms with Crippen LogP contribution in [0, 0.1) is 13.8 Å². The molecule has 1 aliphatic rings. The van der Waals surface area contributed by atoms with Crippen molar-refractivity contribution in [3.8, 4) is 0 Å². The number of amides is 2. The monoisotopic (exact) mass is 317 g/mol. The Hall–Kier alpha value is -2.12. The van der Waals surface area contributed by atoms with E-state index in [0.717, 1.165) is 35.5 Å². The number of urea groups is 1. The molecule has 3 rings (SSSR count). The van der Waals surface area contributed by atoms with E-state index in [0.29, 0.717) is 19.7 Å². The van der Waals surface area contributed by atoms with Gasteiger partial charge in [-0.1, -0.05) is 6.07 Å². The number of morpholine rings is 1. The largest absolute Gasteiger partial charge is 0.374 e. The summed E-state index contributed by atoms with van der Waals surface area (Å²) in [7, 11) is 0. The number of benzene rings is 1. The summed E-state index contributed by atoms with van der Waals surface area (Å²) in [6.07, 6.45) is 0.0336. The van der Waals surface area contributed by atoms with Crippen molar-refractivity contribution in [3.63, 3.8) is 0 Å². The first-order valence-corrected chi connectivity index (χ1v) is 7.92. The molecule has 0 radical (unpaired) electrons. The second kappa shape index (κ2) is 6.97. The number of imidazole rings is 1. The number of carbonyl (C=O) groups excluding carboxylic acids is 1. The van der Waals surface area contributed by atoms with E-state index in [-0.39, 0.29) is 12.1 Å². The topological polar surface area (TPSA) is 91.1 Å². The summed E-state index contributed by atoms with van der Waals surface area (Å²) in [5.41, 5.74) is 4.33. The van der Waals surface area contributed by atoms with Crippen molar-refractivity contribution in [1.29, 1.82) is 0 Å². The maximum Gasteiger partial charge on any atom is 0.315 e. The molecule has 1 atom stereocenters. The highest BCUT2D eigenvalue weighted by Crippen LogP contribution is 2.19. The molecular formula is C16H23N5O2. The average molecular weight is 317 g/mol. The molecule has 0 bridgehead atoms. The van der Waals surface area contributed by atoms with Gasteiger partial charge >= 0.3 is 6.03 Å². The summed E-state index contributed by atoms with van der Waals surface area (Å²) in [5.74, 6) is 0.749. The molecule has 2 heterocycles. The first-order valence-electron chi connectivity index (χ1n) is 7.92. The van der Waals surface area contributed by atoms with Gasteiger partial charge in [0, 0.05) is 19.6 Å². The molecule has 7 heteroatoms. The molecule has 0 unspecified atom stereocenters. The van der Waals surface area contributed by atoms with E-state index < -0.39 is 0 Å². The van der Waals surface area contributed by atoms with Crippen LogP contribution in [-0.4, -0.2) is 48.3 Å². The molecule has 1 aliphatic heterocycles. The van der Waals surface area contributed by atoms with Gasteiger partial charge in [0.15, 0.2) is 0 Å². The maximum absolute atomic E-state index is 11.9. The van der Waals surface area contributed by atoms with Gasteiger partial charge in [-0.2, -0.15) is 0 Å². The molecule has 7 nitrogen and oxygen atoms in total. The molecule has 2 aromatic rings. The molecule has 0 aliphatic carbocycles. The number of fused-ring (bicyclic) bond motifs is 1. The third-order valence-corrected chi connectivity index (χ3v) is 4.14. The molecule has 23 heavy (non-hydrogen) atoms. The highest BCUT2D eigenvalue weighted by atomic mass is 16.5. The highest BCUT2D eigenvalue weighted by Gasteiger charge is 2.14. The lowest BCUT2D eigenvalue weighted by atomic mass is 10.1. The predicted molar refractivity (Wildman–Crippen MR) is 88.4 cm³/mol. The number of hydrogen-bond donors (Lipinski definition) is 4. The van der Waals surface area contributed by atoms with Gasteiger partial charge in [0.1, 0.15) is 5.82 Å². The molecule has 1 fully saturated rings. The van der Waals surface area contributed by atoms with Gasteiger partial charge in [0.25, 0.3) is 0 Å². The Kier molecular flexibility index (Phi) is 4.78. The third kappa shape index (κ3) is 3.80. The van der Waals surface area contributed by atoms with E-state index in [1.165, 1.54) is 5.56 Å². The molecule has 4 N–H and O–H groups in total. The number of nitrogens with zero attached hydrogens (tertiary/aromatic N) is 1. The Morgan fingerprint density at radius 1 is 1.39 bits per heavy atom. The van der Waals surface area contributed by atoms with E-state index in [4.69, 9.17) is 4.74 Å². The zero-order valence-electron chi connectivity index (χ0n) is 13.5. The van der Waals surface area contributed by atoms with E-state index in [2.05, 4.69) is 45.8 Å². The lowest BCUT2D eigenvalue weighted by Crippen LogP contribution is -2.47. The van der Waals surface area contributed by atoms with Crippen LogP contribution < -0.4 is 16.0 Å². The van der Waals surface area contributed by atoms with Gasteiger partial charge < -0.3 is 25.7 Å². The standard InChI is InChI=1S/C16H23N5O2/c1-10-3-4-13-15(11(10)2)21-14(20-13)9-19-16(22)18-8-12-7-17-5-6-23-12/h3-4,12,17H,5-9H2,1-2H3,(H,20,21)(H2,18,19,22)/t12-/m0/s1. The molecular weight excluding hydrogens is 294 g/mol. The second-order valence-corrected chi connectivity index (χ2v) is 5.85. The van der Waals surface area contributed by atoms with Gasteiger partial charge in [-0.3, -0.25) is 0 Å². The number of aryl methyl sites for hydroxylation is 2. The van der Waals surface area contributed by atoms with Crippen LogP contribution in [0.1, 0.15) is 17.0 Å². The van der Waals surface area contributed by atoms with Crippen LogP contribution in [0.4, 0.5) is 4.79 Å². The average Bonchev–Trinajstić information content (AvgIpc) is 2.99. The molecule has 1 saturated heterocycles. The van der Waals surface area contributed by atoms with Crippen LogP contribution in [0.3, 0.4) is 0 Å². The fraction of sp³-hybridized carbons (Fsp3) is 0.500. The van der Waals surface area contributed by atoms with Crippen molar-refractivity contribution in [2.24, 2.45) is 0 Å². The minimum atomic E-state index is -0.215. The first kappa shape index (κ1) is 15.8. The number of hydrogen-bond acceptors (Lipinski definition) is 4. The number of carbonyl (C=O) groups is 1. The fourth-order valence-electron chi connectivity index (χ4n) is 2.63. The number of aromatic amines is 1. The van der Waals surface area contributed by atoms with Gasteiger partial charge in [0.2, 0.25) is 0 Å². The summed E-state index contributed by atoms with van der Waals surface area (Å²) in [6, 6.07) is 3.87. The molecule has 0 saturated carbocycles. The van der Waals surface area contributed by atoms with Crippen molar-refractivity contribution in [3.05, 3.63) is 29.1 Å². The van der Waals surface area contributed by atoms with E-state index in [1.54, 1.807) is 0 Å². The second-order valence-electron chi connectivity index (χ2n) is 5.85. The quantitative estimate of drug-likeness (QED) is 0.676. The van der Waals surface area contributed by atoms with Crippen molar-refractivity contribution in [2.45, 2.75) is 26.5 Å². The van der Waals surface area contributed by atoms with Gasteiger partial charge in [-0.25, -0.2) is 9.78 Å². The van der Waals surface area contributed by atoms with Crippen molar-refractivity contribution in [1.82, 2.24) is 25.9 Å². The summed E-state index contributed by atoms with van der Waals surface area (Å²) in [4.78, 5) is 19.7. The summed E-state index contributed by atoms with van der Waals surface area (Å²) in [6.45, 7) is 7.31. The number of ether oxygens (including phenoxy) is 1. The lowest BCUT2D eigenvalue weighted by molar-refractivity contribution is 0.0307. The highest BCUT2D eigenvalue weighted by molar-refractivity contribution is 5.80. The summed E-state index contributed by atoms with van der Waals surface area (Å²) in [5, 5.41) is 8.86. The van der Waals surface area contributed by atoms with Crippen LogP contribution in [0.25, 0.3) is 11.0 Å². The summed E-state index contributed by atoms with van der Waals surface area (Å²) < 4.78 is 5.53. The Morgan fingerprint density at radius 2 is 2.26 bits per heavy atom. The number of H-pyrrole nitrogens is 1. The summed E-state index contributed by atoms with van der Waals surface area (Å²) >= 11 is 0. The van der Waals surface area contributed by atoms with Crippen LogP contribution >= 0.6 is 0 Å². The van der Waals surface area contributed by atoms with Crippen LogP contribution in [0.15, 0.2) is 12.1 Å². The molecule has 2 amide bonds. The predicted octanol–water partition coefficient (Wildman–Crippen LogP) is 0.967. The normalized spacial score (nSPS) is 18.1. The maximum atomic E-state index is 11.9. The van der Waals surface area contributed by atoms with Gasteiger partial charge in [-0.15, -0.1) is 0 Å². The van der Waals surface area contributed by atoms with E-state index >= 15 is 0 Å². The zero-order chi connectivity index (χ0) is 16.2. The molecule has 0 spiro atoms. The minimum Gasteiger partial charge on any atom is -0.374 e. The Morgan fingerprint density at radius 3 is 3.04 bits per heavy atom. The first-order chi connectivity index (χ1) is 11.1. The van der Waals surface area contributed by atoms with Gasteiger partial charge in [-0.05, 0) is 31.0 Å². The van der Waals surface area contributed by atoms with Crippen molar-refractivity contribution >= 4 is 17.1 Å². The smallest absolute Gasteiger partial charge is 0.315 e. The van der Waals surface area contributed by atoms with E-state index in [9.17, 15) is 4.79 Å². The van der Waals surface area contributed by atoms with Crippen LogP contribution in [-0.2, 0) is 11.3 Å². The zero-order valence-corrected chi connectivity index (χ0v) is 13.5. The fourth-order valence-corrected chi connectivity index (χ4v) is 2.63. The molecule has 1 aromatic heterocycles. The van der Waals surface area contributed by atoms with Crippen LogP contribution in [0.2, 0.25) is 0 Å². The third-order valence-electron chi connectivity index (χ3n) is 4.14. The van der Waals surface area contributed by atoms with Crippen LogP contribution in [0.5, 0.6) is 0 Å². The SMILES string of the molecule is Cc1ccc2[nH]c(CNC(=O)NC[C@@H]3CNCCO3)nc2c1C. The van der Waals surface area contributed by atoms with Crippen molar-refractivity contribution < 1.29 is 9.53 Å². The number of rotatable bonds is 4. The van der Waals surface area contributed by atoms with Gasteiger partial charge in [0.05, 0.1) is 30.3 Å². The lowest BCUT2D eigenvalue weighted by Gasteiger charge is -2.23. The molecule has 1 aromatic carbocycles. The molecule has 124 valence electrons. The Labute approximate surface area is 135 Å². The van der Waals surface area contributed by atoms with Crippen molar-refractivity contribution in [2.75, 3.05) is 26.2 Å². The Bertz CT molecular complexity index is 691. The van der Waals surface area contributed by atoms with E-state index in [1.807, 2.05) is 6.07 Å². The minimum absolute atomic E-state index is 0.0336. The number of aromatic nitrogens is 2. The Balaban J connectivity index is 1.51. The number of nitrogens with one attached hydrogen (secondary N) is 4.